The number of likely N-dealkylation sites (N-methyl/N-ethyl adjacent to an activating group) is 2. The zero-order valence-electron chi connectivity index (χ0n) is 10.4. The second-order valence-electron chi connectivity index (χ2n) is 4.52. The number of nitrogens with zero attached hydrogens (tertiary/aromatic N) is 1. The van der Waals surface area contributed by atoms with Crippen LogP contribution in [0.25, 0.3) is 0 Å². The molecule has 0 aliphatic rings. The smallest absolute Gasteiger partial charge is 0.239 e. The van der Waals surface area contributed by atoms with Gasteiger partial charge in [0.25, 0.3) is 0 Å². The van der Waals surface area contributed by atoms with Crippen LogP contribution in [0.15, 0.2) is 0 Å². The summed E-state index contributed by atoms with van der Waals surface area (Å²) < 4.78 is 0. The van der Waals surface area contributed by atoms with Crippen molar-refractivity contribution in [3.8, 4) is 0 Å². The highest BCUT2D eigenvalue weighted by atomic mass is 16.2. The molecule has 1 N–H and O–H groups in total. The average Bonchev–Trinajstić information content (AvgIpc) is 2.12. The normalized spacial score (nSPS) is 11.0. The zero-order chi connectivity index (χ0) is 12.1. The lowest BCUT2D eigenvalue weighted by Gasteiger charge is -2.27. The summed E-state index contributed by atoms with van der Waals surface area (Å²) in [6.45, 7) is 10.6. The second-order valence-corrected chi connectivity index (χ2v) is 4.52. The molecule has 15 heavy (non-hydrogen) atoms. The third kappa shape index (κ3) is 4.81. The predicted octanol–water partition coefficient (Wildman–Crippen LogP) is 1.02. The number of nitrogens with one attached hydrogen (secondary N) is 1. The van der Waals surface area contributed by atoms with Gasteiger partial charge in [-0.1, -0.05) is 20.8 Å². The number of hydrogen-bond acceptors (Lipinski definition) is 2. The molecule has 0 atom stereocenters. The average molecular weight is 214 g/mol. The van der Waals surface area contributed by atoms with Crippen LogP contribution < -0.4 is 5.32 Å². The SMILES string of the molecule is CCNC(=O)CN(CC)C(=O)C(C)(C)C. The Bertz CT molecular complexity index is 231. The van der Waals surface area contributed by atoms with Gasteiger partial charge in [0.15, 0.2) is 0 Å². The summed E-state index contributed by atoms with van der Waals surface area (Å²) in [5, 5.41) is 2.68. The molecule has 0 aliphatic carbocycles. The number of amides is 2. The number of carbonyl (C=O) groups excluding carboxylic acids is 2. The molecule has 0 aromatic rings. The maximum absolute atomic E-state index is 11.9. The van der Waals surface area contributed by atoms with Crippen molar-refractivity contribution in [2.24, 2.45) is 5.41 Å². The lowest BCUT2D eigenvalue weighted by atomic mass is 9.95. The molecule has 0 fully saturated rings. The monoisotopic (exact) mass is 214 g/mol. The summed E-state index contributed by atoms with van der Waals surface area (Å²) in [5.41, 5.74) is -0.428. The first-order chi connectivity index (χ1) is 6.82. The molecule has 88 valence electrons. The van der Waals surface area contributed by atoms with Gasteiger partial charge < -0.3 is 10.2 Å². The molecule has 0 unspecified atom stereocenters. The van der Waals surface area contributed by atoms with E-state index in [-0.39, 0.29) is 18.4 Å². The Kier molecular flexibility index (Phi) is 5.33. The van der Waals surface area contributed by atoms with Gasteiger partial charge in [-0.05, 0) is 13.8 Å². The van der Waals surface area contributed by atoms with E-state index in [1.54, 1.807) is 4.90 Å². The van der Waals surface area contributed by atoms with E-state index >= 15 is 0 Å². The number of rotatable bonds is 4. The lowest BCUT2D eigenvalue weighted by Crippen LogP contribution is -2.45. The summed E-state index contributed by atoms with van der Waals surface area (Å²) in [6, 6.07) is 0. The molecule has 0 radical (unpaired) electrons. The van der Waals surface area contributed by atoms with Crippen LogP contribution in [0.3, 0.4) is 0 Å². The molecule has 0 aliphatic heterocycles. The van der Waals surface area contributed by atoms with Crippen LogP contribution in [0.1, 0.15) is 34.6 Å². The second kappa shape index (κ2) is 5.73. The van der Waals surface area contributed by atoms with Gasteiger partial charge in [0.05, 0.1) is 6.54 Å². The Morgan fingerprint density at radius 2 is 1.73 bits per heavy atom. The van der Waals surface area contributed by atoms with E-state index in [0.29, 0.717) is 13.1 Å². The largest absolute Gasteiger partial charge is 0.355 e. The van der Waals surface area contributed by atoms with Gasteiger partial charge >= 0.3 is 0 Å². The standard InChI is InChI=1S/C11H22N2O2/c1-6-12-9(14)8-13(7-2)10(15)11(3,4)5/h6-8H2,1-5H3,(H,12,14). The summed E-state index contributed by atoms with van der Waals surface area (Å²) in [5.74, 6) is -0.0896. The van der Waals surface area contributed by atoms with Gasteiger partial charge in [-0.2, -0.15) is 0 Å². The Morgan fingerprint density at radius 1 is 1.20 bits per heavy atom. The minimum Gasteiger partial charge on any atom is -0.355 e. The predicted molar refractivity (Wildman–Crippen MR) is 60.4 cm³/mol. The fourth-order valence-electron chi connectivity index (χ4n) is 1.23. The van der Waals surface area contributed by atoms with Crippen molar-refractivity contribution < 1.29 is 9.59 Å². The van der Waals surface area contributed by atoms with Gasteiger partial charge in [0.1, 0.15) is 0 Å². The summed E-state index contributed by atoms with van der Waals surface area (Å²) in [6.07, 6.45) is 0. The van der Waals surface area contributed by atoms with Crippen molar-refractivity contribution in [2.45, 2.75) is 34.6 Å². The van der Waals surface area contributed by atoms with E-state index in [1.807, 2.05) is 34.6 Å². The van der Waals surface area contributed by atoms with E-state index in [4.69, 9.17) is 0 Å². The summed E-state index contributed by atoms with van der Waals surface area (Å²) in [4.78, 5) is 24.8. The molecule has 0 spiro atoms. The van der Waals surface area contributed by atoms with Crippen molar-refractivity contribution in [2.75, 3.05) is 19.6 Å². The van der Waals surface area contributed by atoms with Gasteiger partial charge in [0, 0.05) is 18.5 Å². The van der Waals surface area contributed by atoms with E-state index < -0.39 is 5.41 Å². The van der Waals surface area contributed by atoms with Crippen molar-refractivity contribution in [3.05, 3.63) is 0 Å². The fraction of sp³-hybridized carbons (Fsp3) is 0.818. The third-order valence-electron chi connectivity index (χ3n) is 2.02. The van der Waals surface area contributed by atoms with Crippen LogP contribution in [0.5, 0.6) is 0 Å². The third-order valence-corrected chi connectivity index (χ3v) is 2.02. The molecule has 2 amide bonds. The van der Waals surface area contributed by atoms with Crippen molar-refractivity contribution in [1.82, 2.24) is 10.2 Å². The quantitative estimate of drug-likeness (QED) is 0.759. The molecule has 0 aromatic heterocycles. The van der Waals surface area contributed by atoms with Crippen molar-refractivity contribution in [3.63, 3.8) is 0 Å². The molecule has 4 nitrogen and oxygen atoms in total. The van der Waals surface area contributed by atoms with Gasteiger partial charge in [-0.15, -0.1) is 0 Å². The number of carbonyl (C=O) groups is 2. The van der Waals surface area contributed by atoms with Crippen molar-refractivity contribution >= 4 is 11.8 Å². The maximum Gasteiger partial charge on any atom is 0.239 e. The minimum atomic E-state index is -0.428. The molecule has 4 heteroatoms. The molecule has 0 bridgehead atoms. The van der Waals surface area contributed by atoms with Crippen LogP contribution in [0, 0.1) is 5.41 Å². The Morgan fingerprint density at radius 3 is 2.07 bits per heavy atom. The fourth-order valence-corrected chi connectivity index (χ4v) is 1.23. The van der Waals surface area contributed by atoms with E-state index in [2.05, 4.69) is 5.32 Å². The van der Waals surface area contributed by atoms with Crippen molar-refractivity contribution in [1.29, 1.82) is 0 Å². The first-order valence-electron chi connectivity index (χ1n) is 5.39. The van der Waals surface area contributed by atoms with E-state index in [1.165, 1.54) is 0 Å². The number of hydrogen-bond donors (Lipinski definition) is 1. The van der Waals surface area contributed by atoms with E-state index in [0.717, 1.165) is 0 Å². The minimum absolute atomic E-state index is 0.0104. The first kappa shape index (κ1) is 13.9. The van der Waals surface area contributed by atoms with Crippen LogP contribution in [0.4, 0.5) is 0 Å². The van der Waals surface area contributed by atoms with Crippen LogP contribution in [-0.4, -0.2) is 36.3 Å². The lowest BCUT2D eigenvalue weighted by molar-refractivity contribution is -0.142. The molecule has 0 heterocycles. The molecular weight excluding hydrogens is 192 g/mol. The van der Waals surface area contributed by atoms with Gasteiger partial charge in [-0.25, -0.2) is 0 Å². The van der Waals surface area contributed by atoms with Gasteiger partial charge in [-0.3, -0.25) is 9.59 Å². The van der Waals surface area contributed by atoms with Crippen LogP contribution >= 0.6 is 0 Å². The molecular formula is C11H22N2O2. The molecule has 0 saturated carbocycles. The van der Waals surface area contributed by atoms with Gasteiger partial charge in [0.2, 0.25) is 11.8 Å². The Balaban J connectivity index is 4.38. The highest BCUT2D eigenvalue weighted by Crippen LogP contribution is 2.16. The maximum atomic E-state index is 11.9. The molecule has 0 saturated heterocycles. The highest BCUT2D eigenvalue weighted by Gasteiger charge is 2.27. The summed E-state index contributed by atoms with van der Waals surface area (Å²) in [7, 11) is 0. The molecule has 0 rings (SSSR count). The topological polar surface area (TPSA) is 49.4 Å². The Hall–Kier alpha value is -1.06. The summed E-state index contributed by atoms with van der Waals surface area (Å²) >= 11 is 0. The van der Waals surface area contributed by atoms with E-state index in [9.17, 15) is 9.59 Å². The van der Waals surface area contributed by atoms with Crippen LogP contribution in [0.2, 0.25) is 0 Å². The Labute approximate surface area is 92.0 Å². The van der Waals surface area contributed by atoms with Crippen LogP contribution in [-0.2, 0) is 9.59 Å². The zero-order valence-corrected chi connectivity index (χ0v) is 10.4. The highest BCUT2D eigenvalue weighted by molar-refractivity contribution is 5.87. The molecule has 0 aromatic carbocycles. The first-order valence-corrected chi connectivity index (χ1v) is 5.39.